The van der Waals surface area contributed by atoms with Crippen LogP contribution in [0.2, 0.25) is 0 Å². The normalized spacial score (nSPS) is 12.3. The third kappa shape index (κ3) is 8.64. The lowest BCUT2D eigenvalue weighted by molar-refractivity contribution is -0.147. The number of carbonyl (C=O) groups is 5. The summed E-state index contributed by atoms with van der Waals surface area (Å²) in [6.45, 7) is 5.38. The monoisotopic (exact) mass is 512 g/mol. The average Bonchev–Trinajstić information content (AvgIpc) is 2.79. The second kappa shape index (κ2) is 13.1. The molecule has 198 valence electrons. The van der Waals surface area contributed by atoms with E-state index in [-0.39, 0.29) is 18.8 Å². The Morgan fingerprint density at radius 3 is 2.16 bits per heavy atom. The van der Waals surface area contributed by atoms with Crippen molar-refractivity contribution in [2.75, 3.05) is 10.2 Å². The molecule has 2 aromatic rings. The first-order valence-corrected chi connectivity index (χ1v) is 11.7. The van der Waals surface area contributed by atoms with Crippen molar-refractivity contribution < 1.29 is 34.2 Å². The third-order valence-corrected chi connectivity index (χ3v) is 5.52. The van der Waals surface area contributed by atoms with Gasteiger partial charge in [0.2, 0.25) is 11.8 Å². The van der Waals surface area contributed by atoms with Gasteiger partial charge in [-0.05, 0) is 48.6 Å². The zero-order chi connectivity index (χ0) is 27.7. The van der Waals surface area contributed by atoms with E-state index in [4.69, 9.17) is 10.8 Å². The number of nitrogens with one attached hydrogen (secondary N) is 2. The Kier molecular flexibility index (Phi) is 10.2. The Balaban J connectivity index is 2.55. The fourth-order valence-corrected chi connectivity index (χ4v) is 3.84. The van der Waals surface area contributed by atoms with Gasteiger partial charge in [-0.1, -0.05) is 44.2 Å². The second-order valence-corrected chi connectivity index (χ2v) is 9.06. The van der Waals surface area contributed by atoms with E-state index in [2.05, 4.69) is 10.6 Å². The maximum absolute atomic E-state index is 13.7. The summed E-state index contributed by atoms with van der Waals surface area (Å²) >= 11 is 0. The Morgan fingerprint density at radius 1 is 1.00 bits per heavy atom. The van der Waals surface area contributed by atoms with E-state index < -0.39 is 48.3 Å². The van der Waals surface area contributed by atoms with Crippen molar-refractivity contribution in [2.24, 2.45) is 11.7 Å². The zero-order valence-electron chi connectivity index (χ0n) is 20.9. The molecule has 11 nitrogen and oxygen atoms in total. The molecule has 2 atom stereocenters. The lowest BCUT2D eigenvalue weighted by atomic mass is 9.98. The maximum atomic E-state index is 13.7. The number of carboxylic acids is 2. The number of carbonyl (C=O) groups excluding carboxylic acids is 3. The molecule has 0 bridgehead atoms. The van der Waals surface area contributed by atoms with Crippen LogP contribution in [0.1, 0.15) is 37.8 Å². The number of aryl methyl sites for hydroxylation is 1. The van der Waals surface area contributed by atoms with Crippen LogP contribution in [0.25, 0.3) is 0 Å². The molecule has 4 amide bonds. The first kappa shape index (κ1) is 28.8. The van der Waals surface area contributed by atoms with Gasteiger partial charge < -0.3 is 26.6 Å². The molecule has 0 saturated carbocycles. The number of primary amides is 1. The van der Waals surface area contributed by atoms with E-state index in [1.165, 1.54) is 4.90 Å². The summed E-state index contributed by atoms with van der Waals surface area (Å²) in [7, 11) is 0. The molecule has 0 aliphatic heterocycles. The number of anilines is 2. The van der Waals surface area contributed by atoms with Gasteiger partial charge in [-0.2, -0.15) is 0 Å². The van der Waals surface area contributed by atoms with E-state index >= 15 is 0 Å². The van der Waals surface area contributed by atoms with Gasteiger partial charge >= 0.3 is 18.0 Å². The van der Waals surface area contributed by atoms with E-state index in [1.54, 1.807) is 49.4 Å². The third-order valence-electron chi connectivity index (χ3n) is 5.52. The highest BCUT2D eigenvalue weighted by Crippen LogP contribution is 2.27. The number of carboxylic acid groups (broad SMARTS) is 2. The van der Waals surface area contributed by atoms with Gasteiger partial charge in [0.1, 0.15) is 12.1 Å². The maximum Gasteiger partial charge on any atom is 0.326 e. The molecule has 0 saturated heterocycles. The molecule has 2 aromatic carbocycles. The summed E-state index contributed by atoms with van der Waals surface area (Å²) < 4.78 is 0. The van der Waals surface area contributed by atoms with Gasteiger partial charge in [0.15, 0.2) is 0 Å². The Morgan fingerprint density at radius 2 is 1.65 bits per heavy atom. The van der Waals surface area contributed by atoms with Crippen LogP contribution in [0.15, 0.2) is 48.5 Å². The van der Waals surface area contributed by atoms with Crippen molar-refractivity contribution >= 4 is 41.2 Å². The number of amides is 4. The number of hydrogen-bond donors (Lipinski definition) is 5. The lowest BCUT2D eigenvalue weighted by Gasteiger charge is -2.33. The molecule has 2 rings (SSSR count). The summed E-state index contributed by atoms with van der Waals surface area (Å²) in [6.07, 6.45) is -0.688. The van der Waals surface area contributed by atoms with Crippen LogP contribution in [0.5, 0.6) is 0 Å². The minimum atomic E-state index is -1.67. The Labute approximate surface area is 214 Å². The quantitative estimate of drug-likeness (QED) is 0.290. The average molecular weight is 513 g/mol. The standard InChI is InChI=1S/C26H32N4O7/c1-15(2)11-21(24(34)28-20(25(35)36)14-23(32)33)30(22(31)13-17-7-5-4-6-8-17)18-9-10-19(16(3)12-18)29-26(27)37/h4-10,12,15,20-21H,11,13-14H2,1-3H3,(H,28,34)(H,32,33)(H,35,36)(H3,27,29,37)/t20-,21-/m0/s1. The number of nitrogens with two attached hydrogens (primary N) is 1. The molecule has 0 spiro atoms. The predicted molar refractivity (Wildman–Crippen MR) is 137 cm³/mol. The van der Waals surface area contributed by atoms with Crippen molar-refractivity contribution in [1.82, 2.24) is 5.32 Å². The summed E-state index contributed by atoms with van der Waals surface area (Å²) in [5.74, 6) is -4.19. The lowest BCUT2D eigenvalue weighted by Crippen LogP contribution is -2.54. The second-order valence-electron chi connectivity index (χ2n) is 9.06. The number of rotatable bonds is 12. The van der Waals surface area contributed by atoms with Crippen LogP contribution in [0.4, 0.5) is 16.2 Å². The van der Waals surface area contributed by atoms with Gasteiger partial charge in [0, 0.05) is 11.4 Å². The molecule has 37 heavy (non-hydrogen) atoms. The van der Waals surface area contributed by atoms with Crippen molar-refractivity contribution in [3.8, 4) is 0 Å². The van der Waals surface area contributed by atoms with Gasteiger partial charge in [-0.3, -0.25) is 19.3 Å². The molecule has 0 radical (unpaired) electrons. The van der Waals surface area contributed by atoms with Crippen LogP contribution >= 0.6 is 0 Å². The van der Waals surface area contributed by atoms with Crippen molar-refractivity contribution in [1.29, 1.82) is 0 Å². The largest absolute Gasteiger partial charge is 0.481 e. The predicted octanol–water partition coefficient (Wildman–Crippen LogP) is 2.52. The minimum Gasteiger partial charge on any atom is -0.481 e. The van der Waals surface area contributed by atoms with E-state index in [0.717, 1.165) is 0 Å². The SMILES string of the molecule is Cc1cc(N(C(=O)Cc2ccccc2)[C@@H](CC(C)C)C(=O)N[C@@H](CC(=O)O)C(=O)O)ccc1NC(N)=O. The molecule has 0 aliphatic carbocycles. The number of benzene rings is 2. The number of aliphatic carboxylic acids is 2. The van der Waals surface area contributed by atoms with Gasteiger partial charge in [0.25, 0.3) is 0 Å². The molecule has 0 unspecified atom stereocenters. The van der Waals surface area contributed by atoms with Crippen LogP contribution in [0, 0.1) is 12.8 Å². The highest BCUT2D eigenvalue weighted by Gasteiger charge is 2.35. The summed E-state index contributed by atoms with van der Waals surface area (Å²) in [6, 6.07) is 10.0. The first-order valence-electron chi connectivity index (χ1n) is 11.7. The fraction of sp³-hybridized carbons (Fsp3) is 0.346. The molecular formula is C26H32N4O7. The van der Waals surface area contributed by atoms with Crippen molar-refractivity contribution in [2.45, 2.75) is 52.1 Å². The number of nitrogens with zero attached hydrogens (tertiary/aromatic N) is 1. The van der Waals surface area contributed by atoms with Crippen molar-refractivity contribution in [3.05, 3.63) is 59.7 Å². The minimum absolute atomic E-state index is 0.0411. The topological polar surface area (TPSA) is 179 Å². The van der Waals surface area contributed by atoms with Crippen LogP contribution in [-0.2, 0) is 25.6 Å². The van der Waals surface area contributed by atoms with Crippen LogP contribution < -0.4 is 21.3 Å². The Hall–Kier alpha value is -4.41. The van der Waals surface area contributed by atoms with Gasteiger partial charge in [0.05, 0.1) is 12.8 Å². The highest BCUT2D eigenvalue weighted by molar-refractivity contribution is 6.03. The smallest absolute Gasteiger partial charge is 0.326 e. The molecule has 0 aromatic heterocycles. The molecule has 11 heteroatoms. The van der Waals surface area contributed by atoms with Crippen molar-refractivity contribution in [3.63, 3.8) is 0 Å². The molecule has 0 aliphatic rings. The van der Waals surface area contributed by atoms with Crippen LogP contribution in [-0.4, -0.2) is 52.1 Å². The summed E-state index contributed by atoms with van der Waals surface area (Å²) in [5.41, 5.74) is 7.27. The number of urea groups is 1. The summed E-state index contributed by atoms with van der Waals surface area (Å²) in [5, 5.41) is 23.3. The molecule has 6 N–H and O–H groups in total. The molecular weight excluding hydrogens is 480 g/mol. The van der Waals surface area contributed by atoms with Gasteiger partial charge in [-0.25, -0.2) is 9.59 Å². The van der Waals surface area contributed by atoms with E-state index in [0.29, 0.717) is 22.5 Å². The fourth-order valence-electron chi connectivity index (χ4n) is 3.84. The van der Waals surface area contributed by atoms with E-state index in [9.17, 15) is 29.1 Å². The number of hydrogen-bond acceptors (Lipinski definition) is 5. The summed E-state index contributed by atoms with van der Waals surface area (Å²) in [4.78, 5) is 62.4. The highest BCUT2D eigenvalue weighted by atomic mass is 16.4. The molecule has 0 fully saturated rings. The van der Waals surface area contributed by atoms with E-state index in [1.807, 2.05) is 19.9 Å². The van der Waals surface area contributed by atoms with Gasteiger partial charge in [-0.15, -0.1) is 0 Å². The molecule has 0 heterocycles. The Bertz CT molecular complexity index is 1150. The zero-order valence-corrected chi connectivity index (χ0v) is 20.9. The van der Waals surface area contributed by atoms with Crippen LogP contribution in [0.3, 0.4) is 0 Å². The first-order chi connectivity index (χ1) is 17.4.